The van der Waals surface area contributed by atoms with Crippen LogP contribution < -0.4 is 15.9 Å². The molecule has 2 rings (SSSR count). The molecule has 2 heterocycles. The van der Waals surface area contributed by atoms with E-state index in [9.17, 15) is 9.59 Å². The summed E-state index contributed by atoms with van der Waals surface area (Å²) in [5.74, 6) is -0.799. The van der Waals surface area contributed by atoms with Gasteiger partial charge in [-0.1, -0.05) is 4.98 Å². The van der Waals surface area contributed by atoms with E-state index < -0.39 is 5.97 Å². The molecule has 0 unspecified atom stereocenters. The first-order valence-corrected chi connectivity index (χ1v) is 5.45. The second kappa shape index (κ2) is 4.47. The summed E-state index contributed by atoms with van der Waals surface area (Å²) in [6.07, 6.45) is 2.24. The molecule has 0 aliphatic carbocycles. The molecule has 0 radical (unpaired) electrons. The smallest absolute Gasteiger partial charge is 0.311 e. The first-order valence-electron chi connectivity index (χ1n) is 5.45. The zero-order valence-electron chi connectivity index (χ0n) is 9.88. The van der Waals surface area contributed by atoms with E-state index in [0.29, 0.717) is 24.1 Å². The first-order chi connectivity index (χ1) is 8.49. The van der Waals surface area contributed by atoms with Crippen molar-refractivity contribution in [3.63, 3.8) is 0 Å². The lowest BCUT2D eigenvalue weighted by Crippen LogP contribution is -2.34. The van der Waals surface area contributed by atoms with Gasteiger partial charge in [0.1, 0.15) is 0 Å². The number of imidazole rings is 1. The van der Waals surface area contributed by atoms with E-state index in [1.54, 1.807) is 22.5 Å². The first kappa shape index (κ1) is 12.1. The van der Waals surface area contributed by atoms with Crippen LogP contribution in [0, 0.1) is 0 Å². The van der Waals surface area contributed by atoms with Crippen molar-refractivity contribution in [3.8, 4) is 0 Å². The third kappa shape index (κ3) is 2.17. The Morgan fingerprint density at radius 3 is 3.06 bits per heavy atom. The number of aryl methyl sites for hydroxylation is 2. The molecule has 2 aromatic rings. The SMILES string of the molecule is Cn1c[n+](CCCC(=O)O)c2nc(N)[nH]c(=O)c21. The zero-order chi connectivity index (χ0) is 13.3. The molecule has 18 heavy (non-hydrogen) atoms. The van der Waals surface area contributed by atoms with Crippen LogP contribution in [0.15, 0.2) is 11.1 Å². The second-order valence-corrected chi connectivity index (χ2v) is 4.04. The Balaban J connectivity index is 2.40. The Morgan fingerprint density at radius 1 is 1.67 bits per heavy atom. The molecular formula is C10H14N5O3+. The minimum atomic E-state index is -0.846. The number of nitrogens with zero attached hydrogens (tertiary/aromatic N) is 3. The van der Waals surface area contributed by atoms with Gasteiger partial charge in [0.25, 0.3) is 11.5 Å². The van der Waals surface area contributed by atoms with Crippen LogP contribution in [0.1, 0.15) is 12.8 Å². The number of aliphatic carboxylic acids is 1. The Bertz CT molecular complexity index is 657. The molecular weight excluding hydrogens is 238 g/mol. The van der Waals surface area contributed by atoms with E-state index >= 15 is 0 Å². The molecule has 0 aromatic carbocycles. The molecule has 4 N–H and O–H groups in total. The van der Waals surface area contributed by atoms with E-state index in [2.05, 4.69) is 9.97 Å². The summed E-state index contributed by atoms with van der Waals surface area (Å²) in [4.78, 5) is 28.7. The van der Waals surface area contributed by atoms with Crippen molar-refractivity contribution in [2.75, 3.05) is 5.73 Å². The fourth-order valence-corrected chi connectivity index (χ4v) is 1.88. The Morgan fingerprint density at radius 2 is 2.39 bits per heavy atom. The maximum Gasteiger partial charge on any atom is 0.311 e. The summed E-state index contributed by atoms with van der Waals surface area (Å²) >= 11 is 0. The predicted molar refractivity (Wildman–Crippen MR) is 62.8 cm³/mol. The third-order valence-corrected chi connectivity index (χ3v) is 2.62. The molecule has 0 fully saturated rings. The van der Waals surface area contributed by atoms with Gasteiger partial charge in [0.2, 0.25) is 5.52 Å². The fourth-order valence-electron chi connectivity index (χ4n) is 1.88. The number of rotatable bonds is 4. The summed E-state index contributed by atoms with van der Waals surface area (Å²) in [7, 11) is 1.73. The van der Waals surface area contributed by atoms with Gasteiger partial charge >= 0.3 is 11.6 Å². The summed E-state index contributed by atoms with van der Waals surface area (Å²) in [6, 6.07) is 0. The van der Waals surface area contributed by atoms with Crippen molar-refractivity contribution in [1.82, 2.24) is 14.5 Å². The van der Waals surface area contributed by atoms with Crippen LogP contribution in [0.3, 0.4) is 0 Å². The van der Waals surface area contributed by atoms with Crippen molar-refractivity contribution in [3.05, 3.63) is 16.7 Å². The van der Waals surface area contributed by atoms with E-state index in [-0.39, 0.29) is 17.9 Å². The molecule has 0 spiro atoms. The standard InChI is InChI=1S/C10H13N5O3/c1-14-5-15(4-2-3-6(16)17)8-7(14)9(18)13-10(11)12-8/h5H,2-4H2,1H3,(H3-,11,12,13,16,17,18)/p+1. The normalized spacial score (nSPS) is 10.9. The van der Waals surface area contributed by atoms with Crippen molar-refractivity contribution in [2.24, 2.45) is 7.05 Å². The molecule has 0 atom stereocenters. The van der Waals surface area contributed by atoms with Gasteiger partial charge in [-0.25, -0.2) is 4.57 Å². The van der Waals surface area contributed by atoms with Gasteiger partial charge in [0.15, 0.2) is 6.33 Å². The maximum absolute atomic E-state index is 11.7. The number of anilines is 1. The fraction of sp³-hybridized carbons (Fsp3) is 0.400. The largest absolute Gasteiger partial charge is 0.481 e. The second-order valence-electron chi connectivity index (χ2n) is 4.04. The molecule has 0 aliphatic heterocycles. The van der Waals surface area contributed by atoms with Crippen LogP contribution in [-0.4, -0.2) is 25.6 Å². The lowest BCUT2D eigenvalue weighted by Gasteiger charge is -1.95. The summed E-state index contributed by atoms with van der Waals surface area (Å²) in [5, 5.41) is 8.59. The highest BCUT2D eigenvalue weighted by molar-refractivity contribution is 5.67. The van der Waals surface area contributed by atoms with E-state index in [1.165, 1.54) is 0 Å². The predicted octanol–water partition coefficient (Wildman–Crippen LogP) is -1.00. The van der Waals surface area contributed by atoms with Crippen molar-refractivity contribution >= 4 is 23.1 Å². The molecule has 0 amide bonds. The molecule has 0 aliphatic rings. The minimum absolute atomic E-state index is 0.0469. The van der Waals surface area contributed by atoms with Crippen LogP contribution in [-0.2, 0) is 18.4 Å². The molecule has 96 valence electrons. The quantitative estimate of drug-likeness (QED) is 0.603. The number of nitrogen functional groups attached to an aromatic ring is 1. The monoisotopic (exact) mass is 252 g/mol. The van der Waals surface area contributed by atoms with Crippen LogP contribution in [0.25, 0.3) is 11.2 Å². The minimum Gasteiger partial charge on any atom is -0.481 e. The number of nitrogens with two attached hydrogens (primary N) is 1. The van der Waals surface area contributed by atoms with E-state index in [1.807, 2.05) is 0 Å². The average molecular weight is 252 g/mol. The molecule has 8 nitrogen and oxygen atoms in total. The van der Waals surface area contributed by atoms with Gasteiger partial charge < -0.3 is 10.8 Å². The average Bonchev–Trinajstić information content (AvgIpc) is 2.55. The lowest BCUT2D eigenvalue weighted by atomic mass is 10.3. The molecule has 0 saturated heterocycles. The van der Waals surface area contributed by atoms with Gasteiger partial charge in [0.05, 0.1) is 13.6 Å². The molecule has 0 saturated carbocycles. The summed E-state index contributed by atoms with van der Waals surface area (Å²) in [5.41, 5.74) is 6.07. The molecule has 2 aromatic heterocycles. The van der Waals surface area contributed by atoms with Crippen LogP contribution in [0.2, 0.25) is 0 Å². The number of nitrogens with one attached hydrogen (secondary N) is 1. The molecule has 8 heteroatoms. The number of carboxylic acid groups (broad SMARTS) is 1. The van der Waals surface area contributed by atoms with Crippen molar-refractivity contribution in [2.45, 2.75) is 19.4 Å². The number of carbonyl (C=O) groups is 1. The van der Waals surface area contributed by atoms with Gasteiger partial charge in [-0.15, -0.1) is 0 Å². The van der Waals surface area contributed by atoms with Gasteiger partial charge in [-0.2, -0.15) is 0 Å². The van der Waals surface area contributed by atoms with E-state index in [4.69, 9.17) is 10.8 Å². The topological polar surface area (TPSA) is 118 Å². The van der Waals surface area contributed by atoms with Gasteiger partial charge in [-0.05, 0) is 6.42 Å². The van der Waals surface area contributed by atoms with Crippen molar-refractivity contribution in [1.29, 1.82) is 0 Å². The highest BCUT2D eigenvalue weighted by Gasteiger charge is 2.19. The van der Waals surface area contributed by atoms with E-state index in [0.717, 1.165) is 0 Å². The number of hydrogen-bond acceptors (Lipinski definition) is 4. The van der Waals surface area contributed by atoms with Gasteiger partial charge in [-0.3, -0.25) is 19.1 Å². The number of fused-ring (bicyclic) bond motifs is 1. The summed E-state index contributed by atoms with van der Waals surface area (Å²) in [6.45, 7) is 0.472. The third-order valence-electron chi connectivity index (χ3n) is 2.62. The number of carboxylic acids is 1. The summed E-state index contributed by atoms with van der Waals surface area (Å²) < 4.78 is 3.37. The number of aromatic amines is 1. The maximum atomic E-state index is 11.7. The van der Waals surface area contributed by atoms with Crippen LogP contribution in [0.4, 0.5) is 5.95 Å². The Kier molecular flexibility index (Phi) is 3.00. The lowest BCUT2D eigenvalue weighted by molar-refractivity contribution is -0.674. The Hall–Kier alpha value is -2.38. The van der Waals surface area contributed by atoms with Crippen LogP contribution >= 0.6 is 0 Å². The van der Waals surface area contributed by atoms with Crippen molar-refractivity contribution < 1.29 is 14.5 Å². The number of aromatic nitrogens is 4. The number of H-pyrrole nitrogens is 1. The highest BCUT2D eigenvalue weighted by Crippen LogP contribution is 2.03. The van der Waals surface area contributed by atoms with Gasteiger partial charge in [0, 0.05) is 6.42 Å². The highest BCUT2D eigenvalue weighted by atomic mass is 16.4. The Labute approximate surface area is 102 Å². The molecule has 0 bridgehead atoms. The van der Waals surface area contributed by atoms with Crippen LogP contribution in [0.5, 0.6) is 0 Å². The zero-order valence-corrected chi connectivity index (χ0v) is 9.88. The number of hydrogen-bond donors (Lipinski definition) is 3.